The number of nitrogens with zero attached hydrogens (tertiary/aromatic N) is 7. The molecule has 0 radical (unpaired) electrons. The molecule has 1 aromatic carbocycles. The number of aromatic nitrogens is 6. The number of hydrogen-bond donors (Lipinski definition) is 1. The summed E-state index contributed by atoms with van der Waals surface area (Å²) in [5, 5.41) is 7.50. The quantitative estimate of drug-likeness (QED) is 0.463. The number of anilines is 2. The van der Waals surface area contributed by atoms with Gasteiger partial charge in [-0.2, -0.15) is 18.9 Å². The van der Waals surface area contributed by atoms with Crippen molar-refractivity contribution in [2.24, 2.45) is 7.05 Å². The molecule has 0 unspecified atom stereocenters. The molecule has 10 nitrogen and oxygen atoms in total. The molecule has 2 aliphatic rings. The van der Waals surface area contributed by atoms with Gasteiger partial charge in [0.1, 0.15) is 11.3 Å². The Balaban J connectivity index is 1.48. The molecule has 0 bridgehead atoms. The van der Waals surface area contributed by atoms with E-state index in [0.717, 1.165) is 24.1 Å². The van der Waals surface area contributed by atoms with Gasteiger partial charge in [-0.05, 0) is 37.1 Å². The monoisotopic (exact) mass is 466 g/mol. The Morgan fingerprint density at radius 2 is 1.91 bits per heavy atom. The third kappa shape index (κ3) is 3.60. The number of ether oxygens (including phenoxy) is 1. The first-order valence-electron chi connectivity index (χ1n) is 10.8. The fourth-order valence-corrected chi connectivity index (χ4v) is 4.11. The Labute approximate surface area is 191 Å². The lowest BCUT2D eigenvalue weighted by Crippen LogP contribution is -2.31. The van der Waals surface area contributed by atoms with Crippen molar-refractivity contribution in [1.29, 1.82) is 0 Å². The summed E-state index contributed by atoms with van der Waals surface area (Å²) in [4.78, 5) is 29.2. The van der Waals surface area contributed by atoms with Gasteiger partial charge < -0.3 is 15.0 Å². The van der Waals surface area contributed by atoms with Crippen molar-refractivity contribution < 1.29 is 13.5 Å². The highest BCUT2D eigenvalue weighted by molar-refractivity contribution is 5.75. The van der Waals surface area contributed by atoms with Crippen molar-refractivity contribution in [2.75, 3.05) is 10.2 Å². The van der Waals surface area contributed by atoms with E-state index in [1.165, 1.54) is 16.7 Å². The third-order valence-corrected chi connectivity index (χ3v) is 5.96. The standard InChI is InChI=1S/C22H20F2N8O2/c1-30-17-11-31(10-12(17)8-26-30)19-20(33)32(14-4-6-15(7-5-14)34-21(23)24)18-16(28-19)9-25-22(29-18)27-13-2-3-13/h4-9,13,21H,2-3,10-11H2,1H3,(H,25,27,29). The van der Waals surface area contributed by atoms with Gasteiger partial charge in [0.15, 0.2) is 11.5 Å². The lowest BCUT2D eigenvalue weighted by molar-refractivity contribution is -0.0498. The molecule has 4 aromatic rings. The van der Waals surface area contributed by atoms with Crippen LogP contribution in [0.3, 0.4) is 0 Å². The van der Waals surface area contributed by atoms with Crippen LogP contribution < -0.4 is 20.5 Å². The Hall–Kier alpha value is -4.09. The van der Waals surface area contributed by atoms with E-state index >= 15 is 0 Å². The number of fused-ring (bicyclic) bond motifs is 2. The van der Waals surface area contributed by atoms with Gasteiger partial charge in [0, 0.05) is 25.2 Å². The Kier molecular flexibility index (Phi) is 4.67. The van der Waals surface area contributed by atoms with E-state index in [2.05, 4.69) is 30.1 Å². The van der Waals surface area contributed by atoms with E-state index in [-0.39, 0.29) is 17.1 Å². The zero-order valence-corrected chi connectivity index (χ0v) is 18.2. The largest absolute Gasteiger partial charge is 0.435 e. The number of nitrogens with one attached hydrogen (secondary N) is 1. The highest BCUT2D eigenvalue weighted by Gasteiger charge is 2.28. The van der Waals surface area contributed by atoms with Crippen molar-refractivity contribution in [3.05, 3.63) is 58.3 Å². The number of hydrogen-bond acceptors (Lipinski definition) is 8. The van der Waals surface area contributed by atoms with Gasteiger partial charge in [-0.1, -0.05) is 0 Å². The summed E-state index contributed by atoms with van der Waals surface area (Å²) >= 11 is 0. The van der Waals surface area contributed by atoms with E-state index < -0.39 is 6.61 Å². The fourth-order valence-electron chi connectivity index (χ4n) is 4.11. The van der Waals surface area contributed by atoms with Crippen LogP contribution in [-0.2, 0) is 20.1 Å². The summed E-state index contributed by atoms with van der Waals surface area (Å²) in [6.45, 7) is -1.94. The van der Waals surface area contributed by atoms with Crippen molar-refractivity contribution in [3.8, 4) is 11.4 Å². The van der Waals surface area contributed by atoms with Crippen LogP contribution in [0.2, 0.25) is 0 Å². The second-order valence-corrected chi connectivity index (χ2v) is 8.37. The summed E-state index contributed by atoms with van der Waals surface area (Å²) < 4.78 is 32.9. The van der Waals surface area contributed by atoms with E-state index in [0.29, 0.717) is 41.9 Å². The smallest absolute Gasteiger partial charge is 0.387 e. The molecule has 1 N–H and O–H groups in total. The average molecular weight is 466 g/mol. The molecule has 0 atom stereocenters. The maximum absolute atomic E-state index is 13.7. The minimum atomic E-state index is -2.93. The van der Waals surface area contributed by atoms with E-state index in [1.807, 2.05) is 11.9 Å². The number of rotatable bonds is 6. The summed E-state index contributed by atoms with van der Waals surface area (Å²) in [6, 6.07) is 6.19. The zero-order valence-electron chi connectivity index (χ0n) is 18.2. The predicted octanol–water partition coefficient (Wildman–Crippen LogP) is 2.61. The number of halogens is 2. The second-order valence-electron chi connectivity index (χ2n) is 8.37. The normalized spacial score (nSPS) is 15.2. The van der Waals surface area contributed by atoms with Gasteiger partial charge in [-0.3, -0.25) is 14.0 Å². The molecule has 1 aliphatic carbocycles. The minimum Gasteiger partial charge on any atom is -0.435 e. The van der Waals surface area contributed by atoms with Crippen LogP contribution >= 0.6 is 0 Å². The molecule has 0 saturated heterocycles. The Bertz CT molecular complexity index is 1450. The molecule has 0 spiro atoms. The average Bonchev–Trinajstić information content (AvgIpc) is 3.41. The summed E-state index contributed by atoms with van der Waals surface area (Å²) in [5.41, 5.74) is 2.90. The zero-order chi connectivity index (χ0) is 23.4. The van der Waals surface area contributed by atoms with Crippen molar-refractivity contribution in [3.63, 3.8) is 0 Å². The van der Waals surface area contributed by atoms with Gasteiger partial charge >= 0.3 is 6.61 Å². The Morgan fingerprint density at radius 3 is 2.62 bits per heavy atom. The molecule has 4 heterocycles. The SMILES string of the molecule is Cn1ncc2c1CN(c1nc3cnc(NC4CC4)nc3n(-c3ccc(OC(F)F)cc3)c1=O)C2. The number of aryl methyl sites for hydroxylation is 1. The minimum absolute atomic E-state index is 0.00130. The first kappa shape index (κ1) is 20.5. The first-order valence-corrected chi connectivity index (χ1v) is 10.8. The van der Waals surface area contributed by atoms with Crippen LogP contribution in [0.25, 0.3) is 16.9 Å². The van der Waals surface area contributed by atoms with E-state index in [9.17, 15) is 13.6 Å². The topological polar surface area (TPSA) is 103 Å². The van der Waals surface area contributed by atoms with Crippen LogP contribution in [0.4, 0.5) is 20.5 Å². The molecule has 1 fully saturated rings. The molecule has 174 valence electrons. The van der Waals surface area contributed by atoms with E-state index in [1.54, 1.807) is 29.2 Å². The summed E-state index contributed by atoms with van der Waals surface area (Å²) in [5.74, 6) is 0.664. The van der Waals surface area contributed by atoms with Crippen LogP contribution in [-0.4, -0.2) is 42.0 Å². The van der Waals surface area contributed by atoms with Gasteiger partial charge in [0.25, 0.3) is 5.56 Å². The first-order chi connectivity index (χ1) is 16.5. The molecule has 34 heavy (non-hydrogen) atoms. The van der Waals surface area contributed by atoms with Gasteiger partial charge in [-0.15, -0.1) is 0 Å². The molecular weight excluding hydrogens is 446 g/mol. The molecule has 6 rings (SSSR count). The van der Waals surface area contributed by atoms with Crippen molar-refractivity contribution in [2.45, 2.75) is 38.6 Å². The maximum atomic E-state index is 13.7. The lowest BCUT2D eigenvalue weighted by Gasteiger charge is -2.19. The molecule has 0 amide bonds. The summed E-state index contributed by atoms with van der Waals surface area (Å²) in [7, 11) is 1.86. The summed E-state index contributed by atoms with van der Waals surface area (Å²) in [6.07, 6.45) is 5.46. The van der Waals surface area contributed by atoms with Gasteiger partial charge in [0.2, 0.25) is 5.95 Å². The van der Waals surface area contributed by atoms with Crippen LogP contribution in [0.5, 0.6) is 5.75 Å². The van der Waals surface area contributed by atoms with Gasteiger partial charge in [0.05, 0.1) is 30.3 Å². The highest BCUT2D eigenvalue weighted by Crippen LogP contribution is 2.28. The third-order valence-electron chi connectivity index (χ3n) is 5.96. The highest BCUT2D eigenvalue weighted by atomic mass is 19.3. The van der Waals surface area contributed by atoms with Crippen LogP contribution in [0.1, 0.15) is 24.1 Å². The van der Waals surface area contributed by atoms with Crippen LogP contribution in [0, 0.1) is 0 Å². The van der Waals surface area contributed by atoms with Crippen LogP contribution in [0.15, 0.2) is 41.5 Å². The predicted molar refractivity (Wildman–Crippen MR) is 119 cm³/mol. The lowest BCUT2D eigenvalue weighted by atomic mass is 10.3. The molecular formula is C22H20F2N8O2. The van der Waals surface area contributed by atoms with Crippen molar-refractivity contribution in [1.82, 2.24) is 29.3 Å². The molecule has 3 aromatic heterocycles. The second kappa shape index (κ2) is 7.75. The Morgan fingerprint density at radius 1 is 1.12 bits per heavy atom. The van der Waals surface area contributed by atoms with E-state index in [4.69, 9.17) is 0 Å². The van der Waals surface area contributed by atoms with Gasteiger partial charge in [-0.25, -0.2) is 9.97 Å². The molecule has 12 heteroatoms. The molecule has 1 aliphatic heterocycles. The fraction of sp³-hybridized carbons (Fsp3) is 0.318. The number of benzene rings is 1. The maximum Gasteiger partial charge on any atom is 0.387 e. The van der Waals surface area contributed by atoms with Crippen molar-refractivity contribution >= 4 is 22.9 Å². The molecule has 1 saturated carbocycles. The number of alkyl halides is 2.